The minimum Gasteiger partial charge on any atom is -0.298 e. The van der Waals surface area contributed by atoms with Crippen LogP contribution in [-0.4, -0.2) is 23.5 Å². The molecule has 0 spiro atoms. The predicted octanol–water partition coefficient (Wildman–Crippen LogP) is 0.628. The topological polar surface area (TPSA) is 29.1 Å². The van der Waals surface area contributed by atoms with Gasteiger partial charge in [0.15, 0.2) is 0 Å². The lowest BCUT2D eigenvalue weighted by molar-refractivity contribution is -0.120. The highest BCUT2D eigenvalue weighted by Crippen LogP contribution is 2.10. The van der Waals surface area contributed by atoms with E-state index >= 15 is 0 Å². The third kappa shape index (κ3) is 1.69. The van der Waals surface area contributed by atoms with Gasteiger partial charge in [-0.15, -0.1) is 11.8 Å². The fourth-order valence-electron chi connectivity index (χ4n) is 0.848. The summed E-state index contributed by atoms with van der Waals surface area (Å²) in [4.78, 5) is 10.9. The van der Waals surface area contributed by atoms with E-state index in [4.69, 9.17) is 0 Å². The molecular weight excluding hydrogens is 134 g/mol. The molecule has 0 amide bonds. The summed E-state index contributed by atoms with van der Waals surface area (Å²) in [7, 11) is 0. The largest absolute Gasteiger partial charge is 0.298 e. The molecule has 52 valence electrons. The maximum atomic E-state index is 10.9. The molecule has 2 nitrogen and oxygen atoms in total. The molecule has 1 rings (SSSR count). The lowest BCUT2D eigenvalue weighted by atomic mass is 10.2. The van der Waals surface area contributed by atoms with Crippen LogP contribution in [0.4, 0.5) is 0 Å². The number of carbonyl (C=O) groups is 1. The summed E-state index contributed by atoms with van der Waals surface area (Å²) in [5.41, 5.74) is 0. The van der Waals surface area contributed by atoms with Gasteiger partial charge in [-0.05, 0) is 0 Å². The van der Waals surface area contributed by atoms with Crippen LogP contribution in [0, 0.1) is 0 Å². The van der Waals surface area contributed by atoms with E-state index < -0.39 is 0 Å². The molecule has 3 heteroatoms. The van der Waals surface area contributed by atoms with E-state index in [1.54, 1.807) is 11.8 Å². The molecule has 1 fully saturated rings. The lowest BCUT2D eigenvalue weighted by Crippen LogP contribution is -2.32. The number of ketones is 1. The summed E-state index contributed by atoms with van der Waals surface area (Å²) in [6, 6.07) is 0.153. The number of carbonyl (C=O) groups excluding carboxylic acids is 1. The second kappa shape index (κ2) is 3.22. The Morgan fingerprint density at radius 1 is 1.89 bits per heavy atom. The van der Waals surface area contributed by atoms with E-state index in [1.165, 1.54) is 0 Å². The van der Waals surface area contributed by atoms with E-state index in [9.17, 15) is 4.79 Å². The minimum atomic E-state index is 0.153. The average Bonchev–Trinajstić information content (AvgIpc) is 2.37. The Balaban J connectivity index is 2.32. The fourth-order valence-corrected chi connectivity index (χ4v) is 1.82. The van der Waals surface area contributed by atoms with Crippen LogP contribution >= 0.6 is 11.8 Å². The van der Waals surface area contributed by atoms with Gasteiger partial charge in [0.1, 0.15) is 5.78 Å². The van der Waals surface area contributed by atoms with Crippen molar-refractivity contribution < 1.29 is 4.79 Å². The molecule has 1 aliphatic rings. The normalized spacial score (nSPS) is 26.6. The Hall–Kier alpha value is -0.0200. The van der Waals surface area contributed by atoms with Gasteiger partial charge < -0.3 is 0 Å². The van der Waals surface area contributed by atoms with E-state index in [0.717, 1.165) is 11.6 Å². The van der Waals surface area contributed by atoms with Crippen molar-refractivity contribution in [1.29, 1.82) is 0 Å². The van der Waals surface area contributed by atoms with Crippen LogP contribution in [0.2, 0.25) is 0 Å². The van der Waals surface area contributed by atoms with Crippen molar-refractivity contribution in [3.63, 3.8) is 0 Å². The zero-order chi connectivity index (χ0) is 6.69. The number of Topliss-reactive ketones (excluding diaryl/α,β-unsaturated/α-hetero) is 1. The minimum absolute atomic E-state index is 0.153. The molecule has 0 aromatic rings. The van der Waals surface area contributed by atoms with Gasteiger partial charge in [-0.3, -0.25) is 10.1 Å². The van der Waals surface area contributed by atoms with Gasteiger partial charge in [-0.2, -0.15) is 0 Å². The van der Waals surface area contributed by atoms with E-state index in [0.29, 0.717) is 12.2 Å². The third-order valence-corrected chi connectivity index (χ3v) is 2.39. The summed E-state index contributed by atoms with van der Waals surface area (Å²) < 4.78 is 0. The highest BCUT2D eigenvalue weighted by Gasteiger charge is 2.19. The van der Waals surface area contributed by atoms with Crippen molar-refractivity contribution in [3.05, 3.63) is 0 Å². The molecule has 1 N–H and O–H groups in total. The highest BCUT2D eigenvalue weighted by atomic mass is 32.2. The first-order valence-electron chi connectivity index (χ1n) is 3.18. The van der Waals surface area contributed by atoms with Gasteiger partial charge in [-0.25, -0.2) is 0 Å². The summed E-state index contributed by atoms with van der Waals surface area (Å²) in [6.07, 6.45) is 0.665. The Labute approximate surface area is 59.4 Å². The summed E-state index contributed by atoms with van der Waals surface area (Å²) in [6.45, 7) is 1.91. The zero-order valence-corrected chi connectivity index (χ0v) is 6.33. The smallest absolute Gasteiger partial charge is 0.150 e. The number of rotatable bonds is 2. The van der Waals surface area contributed by atoms with Gasteiger partial charge in [0.2, 0.25) is 0 Å². The fraction of sp³-hybridized carbons (Fsp3) is 0.833. The van der Waals surface area contributed by atoms with Gasteiger partial charge >= 0.3 is 0 Å². The molecule has 0 aliphatic carbocycles. The standard InChI is InChI=1S/C6H11NOS/c1-2-6(8)5-3-9-4-7-5/h5,7H,2-4H2,1H3. The molecule has 1 atom stereocenters. The van der Waals surface area contributed by atoms with Crippen LogP contribution in [0.15, 0.2) is 0 Å². The van der Waals surface area contributed by atoms with Crippen LogP contribution in [0.3, 0.4) is 0 Å². The van der Waals surface area contributed by atoms with Crippen molar-refractivity contribution in [2.45, 2.75) is 19.4 Å². The Kier molecular flexibility index (Phi) is 2.54. The number of thioether (sulfide) groups is 1. The molecule has 1 aliphatic heterocycles. The summed E-state index contributed by atoms with van der Waals surface area (Å²) >= 11 is 1.79. The highest BCUT2D eigenvalue weighted by molar-refractivity contribution is 7.99. The quantitative estimate of drug-likeness (QED) is 0.618. The zero-order valence-electron chi connectivity index (χ0n) is 5.52. The van der Waals surface area contributed by atoms with Crippen LogP contribution in [-0.2, 0) is 4.79 Å². The van der Waals surface area contributed by atoms with E-state index in [-0.39, 0.29) is 6.04 Å². The van der Waals surface area contributed by atoms with Crippen LogP contribution < -0.4 is 5.32 Å². The Bertz CT molecular complexity index is 110. The van der Waals surface area contributed by atoms with Crippen molar-refractivity contribution >= 4 is 17.5 Å². The van der Waals surface area contributed by atoms with Crippen molar-refractivity contribution in [2.24, 2.45) is 0 Å². The summed E-state index contributed by atoms with van der Waals surface area (Å²) in [5, 5.41) is 3.12. The van der Waals surface area contributed by atoms with Gasteiger partial charge in [0.25, 0.3) is 0 Å². The first-order chi connectivity index (χ1) is 4.34. The van der Waals surface area contributed by atoms with Crippen LogP contribution in [0.1, 0.15) is 13.3 Å². The van der Waals surface area contributed by atoms with E-state index in [2.05, 4.69) is 5.32 Å². The van der Waals surface area contributed by atoms with E-state index in [1.807, 2.05) is 6.92 Å². The van der Waals surface area contributed by atoms with Crippen LogP contribution in [0.25, 0.3) is 0 Å². The monoisotopic (exact) mass is 145 g/mol. The molecule has 1 heterocycles. The molecule has 0 aromatic carbocycles. The maximum Gasteiger partial charge on any atom is 0.150 e. The second-order valence-corrected chi connectivity index (χ2v) is 3.12. The number of hydrogen-bond donors (Lipinski definition) is 1. The number of hydrogen-bond acceptors (Lipinski definition) is 3. The second-order valence-electron chi connectivity index (χ2n) is 2.09. The van der Waals surface area contributed by atoms with Gasteiger partial charge in [0, 0.05) is 18.1 Å². The van der Waals surface area contributed by atoms with Crippen molar-refractivity contribution in [1.82, 2.24) is 5.32 Å². The van der Waals surface area contributed by atoms with Crippen molar-refractivity contribution in [2.75, 3.05) is 11.6 Å². The SMILES string of the molecule is CCC(=O)C1CSCN1. The Morgan fingerprint density at radius 3 is 3.11 bits per heavy atom. The molecule has 1 unspecified atom stereocenters. The first-order valence-corrected chi connectivity index (χ1v) is 4.34. The molecular formula is C6H11NOS. The maximum absolute atomic E-state index is 10.9. The molecule has 1 saturated heterocycles. The summed E-state index contributed by atoms with van der Waals surface area (Å²) in [5.74, 6) is 2.25. The van der Waals surface area contributed by atoms with Crippen LogP contribution in [0.5, 0.6) is 0 Å². The Morgan fingerprint density at radius 2 is 2.67 bits per heavy atom. The van der Waals surface area contributed by atoms with Gasteiger partial charge in [0.05, 0.1) is 6.04 Å². The molecule has 0 aromatic heterocycles. The molecule has 0 saturated carbocycles. The van der Waals surface area contributed by atoms with Gasteiger partial charge in [-0.1, -0.05) is 6.92 Å². The molecule has 9 heavy (non-hydrogen) atoms. The number of nitrogens with one attached hydrogen (secondary N) is 1. The average molecular weight is 145 g/mol. The third-order valence-electron chi connectivity index (χ3n) is 1.45. The molecule has 0 radical (unpaired) electrons. The predicted molar refractivity (Wildman–Crippen MR) is 39.5 cm³/mol. The van der Waals surface area contributed by atoms with Crippen molar-refractivity contribution in [3.8, 4) is 0 Å². The lowest BCUT2D eigenvalue weighted by Gasteiger charge is -2.03. The first kappa shape index (κ1) is 7.09. The molecule has 0 bridgehead atoms.